The van der Waals surface area contributed by atoms with E-state index >= 15 is 0 Å². The molecule has 0 unspecified atom stereocenters. The first-order valence-electron chi connectivity index (χ1n) is 6.32. The summed E-state index contributed by atoms with van der Waals surface area (Å²) in [6.45, 7) is 0. The molecule has 1 N–H and O–H groups in total. The highest BCUT2D eigenvalue weighted by atomic mass is 16.5. The highest BCUT2D eigenvalue weighted by Gasteiger charge is 2.26. The first-order valence-corrected chi connectivity index (χ1v) is 6.32. The summed E-state index contributed by atoms with van der Waals surface area (Å²) in [6.07, 6.45) is 4.49. The zero-order valence-electron chi connectivity index (χ0n) is 11.2. The minimum absolute atomic E-state index is 0.303. The lowest BCUT2D eigenvalue weighted by Crippen LogP contribution is -2.14. The van der Waals surface area contributed by atoms with E-state index in [0.29, 0.717) is 17.4 Å². The number of carboxylic acid groups (broad SMARTS) is 1. The molecule has 1 fully saturated rings. The minimum Gasteiger partial charge on any atom is -0.497 e. The molecule has 19 heavy (non-hydrogen) atoms. The zero-order chi connectivity index (χ0) is 13.8. The molecular weight excluding hydrogens is 244 g/mol. The van der Waals surface area contributed by atoms with Crippen LogP contribution in [0.3, 0.4) is 0 Å². The van der Waals surface area contributed by atoms with Crippen molar-refractivity contribution in [3.63, 3.8) is 0 Å². The molecule has 1 aromatic carbocycles. The Bertz CT molecular complexity index is 501. The number of carboxylic acids is 1. The molecule has 0 spiro atoms. The number of benzene rings is 1. The molecule has 0 atom stereocenters. The monoisotopic (exact) mass is 262 g/mol. The summed E-state index contributed by atoms with van der Waals surface area (Å²) in [7, 11) is 3.18. The van der Waals surface area contributed by atoms with Gasteiger partial charge in [0.25, 0.3) is 0 Å². The second kappa shape index (κ2) is 5.78. The molecule has 1 aliphatic rings. The number of ether oxygens (including phenoxy) is 2. The molecule has 0 aliphatic heterocycles. The summed E-state index contributed by atoms with van der Waals surface area (Å²) >= 11 is 0. The van der Waals surface area contributed by atoms with Crippen LogP contribution in [0.25, 0.3) is 5.57 Å². The molecule has 102 valence electrons. The van der Waals surface area contributed by atoms with Crippen molar-refractivity contribution < 1.29 is 19.4 Å². The van der Waals surface area contributed by atoms with Gasteiger partial charge in [-0.15, -0.1) is 0 Å². The molecule has 4 heteroatoms. The number of aliphatic carboxylic acids is 1. The minimum atomic E-state index is -0.924. The molecule has 0 amide bonds. The van der Waals surface area contributed by atoms with Gasteiger partial charge in [0.1, 0.15) is 11.5 Å². The van der Waals surface area contributed by atoms with E-state index in [4.69, 9.17) is 14.6 Å². The summed E-state index contributed by atoms with van der Waals surface area (Å²) in [5, 5.41) is 9.06. The third kappa shape index (κ3) is 2.89. The Morgan fingerprint density at radius 1 is 1.32 bits per heavy atom. The highest BCUT2D eigenvalue weighted by Crippen LogP contribution is 2.42. The Morgan fingerprint density at radius 2 is 2.05 bits per heavy atom. The predicted octanol–water partition coefficient (Wildman–Crippen LogP) is 2.97. The van der Waals surface area contributed by atoms with E-state index in [0.717, 1.165) is 30.4 Å². The fraction of sp³-hybridized carbons (Fsp3) is 0.400. The van der Waals surface area contributed by atoms with E-state index < -0.39 is 5.97 Å². The van der Waals surface area contributed by atoms with Crippen LogP contribution in [0, 0.1) is 5.92 Å². The SMILES string of the molecule is COc1ccc(OC)c(/C(=C/C(=O)O)C2CCC2)c1. The average molecular weight is 262 g/mol. The third-order valence-electron chi connectivity index (χ3n) is 3.54. The van der Waals surface area contributed by atoms with Crippen LogP contribution in [0.1, 0.15) is 24.8 Å². The highest BCUT2D eigenvalue weighted by molar-refractivity contribution is 5.92. The Hall–Kier alpha value is -1.97. The van der Waals surface area contributed by atoms with Crippen LogP contribution in [0.4, 0.5) is 0 Å². The van der Waals surface area contributed by atoms with E-state index in [1.807, 2.05) is 18.2 Å². The van der Waals surface area contributed by atoms with E-state index in [1.165, 1.54) is 6.08 Å². The Balaban J connectivity index is 2.47. The second-order valence-electron chi connectivity index (χ2n) is 4.63. The largest absolute Gasteiger partial charge is 0.497 e. The molecule has 1 saturated carbocycles. The smallest absolute Gasteiger partial charge is 0.328 e. The normalized spacial score (nSPS) is 15.8. The second-order valence-corrected chi connectivity index (χ2v) is 4.63. The van der Waals surface area contributed by atoms with Gasteiger partial charge >= 0.3 is 5.97 Å². The zero-order valence-corrected chi connectivity index (χ0v) is 11.2. The van der Waals surface area contributed by atoms with Crippen LogP contribution in [-0.2, 0) is 4.79 Å². The number of allylic oxidation sites excluding steroid dienone is 1. The van der Waals surface area contributed by atoms with Crippen molar-refractivity contribution in [2.75, 3.05) is 14.2 Å². The van der Waals surface area contributed by atoms with Gasteiger partial charge in [-0.25, -0.2) is 4.79 Å². The van der Waals surface area contributed by atoms with Crippen LogP contribution in [0.5, 0.6) is 11.5 Å². The lowest BCUT2D eigenvalue weighted by atomic mass is 9.76. The predicted molar refractivity (Wildman–Crippen MR) is 72.5 cm³/mol. The number of methoxy groups -OCH3 is 2. The Kier molecular flexibility index (Phi) is 4.10. The van der Waals surface area contributed by atoms with Crippen molar-refractivity contribution in [1.29, 1.82) is 0 Å². The topological polar surface area (TPSA) is 55.8 Å². The maximum atomic E-state index is 11.0. The molecule has 0 bridgehead atoms. The summed E-state index contributed by atoms with van der Waals surface area (Å²) in [6, 6.07) is 5.45. The van der Waals surface area contributed by atoms with Crippen molar-refractivity contribution >= 4 is 11.5 Å². The molecule has 0 aromatic heterocycles. The van der Waals surface area contributed by atoms with Gasteiger partial charge in [-0.2, -0.15) is 0 Å². The van der Waals surface area contributed by atoms with Crippen LogP contribution in [-0.4, -0.2) is 25.3 Å². The standard InChI is InChI=1S/C15H18O4/c1-18-11-6-7-14(19-2)13(8-11)12(9-15(16)17)10-4-3-5-10/h6-10H,3-5H2,1-2H3,(H,16,17)/b12-9+. The third-order valence-corrected chi connectivity index (χ3v) is 3.54. The molecule has 1 aliphatic carbocycles. The summed E-state index contributed by atoms with van der Waals surface area (Å²) in [5.74, 6) is 0.760. The molecule has 0 heterocycles. The average Bonchev–Trinajstić information content (AvgIpc) is 2.34. The summed E-state index contributed by atoms with van der Waals surface area (Å²) in [5.41, 5.74) is 1.64. The van der Waals surface area contributed by atoms with E-state index in [-0.39, 0.29) is 0 Å². The lowest BCUT2D eigenvalue weighted by molar-refractivity contribution is -0.131. The summed E-state index contributed by atoms with van der Waals surface area (Å²) < 4.78 is 10.5. The molecule has 1 aromatic rings. The number of carbonyl (C=O) groups is 1. The van der Waals surface area contributed by atoms with Gasteiger partial charge in [-0.1, -0.05) is 6.42 Å². The first-order chi connectivity index (χ1) is 9.15. The molecule has 4 nitrogen and oxygen atoms in total. The molecule has 0 saturated heterocycles. The maximum Gasteiger partial charge on any atom is 0.328 e. The fourth-order valence-corrected chi connectivity index (χ4v) is 2.31. The van der Waals surface area contributed by atoms with Crippen LogP contribution in [0.2, 0.25) is 0 Å². The lowest BCUT2D eigenvalue weighted by Gasteiger charge is -2.29. The Labute approximate surface area is 112 Å². The van der Waals surface area contributed by atoms with Gasteiger partial charge in [0.15, 0.2) is 0 Å². The van der Waals surface area contributed by atoms with Gasteiger partial charge in [-0.05, 0) is 42.5 Å². The Morgan fingerprint density at radius 3 is 2.53 bits per heavy atom. The quantitative estimate of drug-likeness (QED) is 0.829. The first kappa shape index (κ1) is 13.5. The van der Waals surface area contributed by atoms with Crippen molar-refractivity contribution in [3.8, 4) is 11.5 Å². The maximum absolute atomic E-state index is 11.0. The van der Waals surface area contributed by atoms with E-state index in [2.05, 4.69) is 0 Å². The number of hydrogen-bond donors (Lipinski definition) is 1. The van der Waals surface area contributed by atoms with Gasteiger partial charge in [-0.3, -0.25) is 0 Å². The fourth-order valence-electron chi connectivity index (χ4n) is 2.31. The van der Waals surface area contributed by atoms with Gasteiger partial charge in [0.05, 0.1) is 14.2 Å². The van der Waals surface area contributed by atoms with Crippen LogP contribution >= 0.6 is 0 Å². The molecule has 0 radical (unpaired) electrons. The number of rotatable bonds is 5. The van der Waals surface area contributed by atoms with Crippen LogP contribution in [0.15, 0.2) is 24.3 Å². The van der Waals surface area contributed by atoms with E-state index in [1.54, 1.807) is 14.2 Å². The summed E-state index contributed by atoms with van der Waals surface area (Å²) in [4.78, 5) is 11.0. The molecule has 2 rings (SSSR count). The van der Waals surface area contributed by atoms with Crippen molar-refractivity contribution in [1.82, 2.24) is 0 Å². The van der Waals surface area contributed by atoms with Crippen molar-refractivity contribution in [2.45, 2.75) is 19.3 Å². The van der Waals surface area contributed by atoms with Crippen LogP contribution < -0.4 is 9.47 Å². The van der Waals surface area contributed by atoms with Crippen molar-refractivity contribution in [3.05, 3.63) is 29.8 Å². The van der Waals surface area contributed by atoms with Gasteiger partial charge in [0.2, 0.25) is 0 Å². The van der Waals surface area contributed by atoms with Crippen molar-refractivity contribution in [2.24, 2.45) is 5.92 Å². The van der Waals surface area contributed by atoms with Gasteiger partial charge < -0.3 is 14.6 Å². The molecular formula is C15H18O4. The number of hydrogen-bond acceptors (Lipinski definition) is 3. The van der Waals surface area contributed by atoms with Gasteiger partial charge in [0, 0.05) is 11.6 Å². The van der Waals surface area contributed by atoms with E-state index in [9.17, 15) is 4.79 Å².